The zero-order chi connectivity index (χ0) is 16.2. The van der Waals surface area contributed by atoms with Gasteiger partial charge < -0.3 is 4.90 Å². The van der Waals surface area contributed by atoms with E-state index < -0.39 is 11.6 Å². The predicted molar refractivity (Wildman–Crippen MR) is 84.1 cm³/mol. The number of aromatic nitrogens is 2. The molecular formula is C16H15F2N3OS. The normalized spacial score (nSPS) is 18.5. The van der Waals surface area contributed by atoms with Gasteiger partial charge in [0.25, 0.3) is 5.91 Å². The van der Waals surface area contributed by atoms with E-state index in [-0.39, 0.29) is 17.0 Å². The summed E-state index contributed by atoms with van der Waals surface area (Å²) in [5, 5.41) is -0.166. The fraction of sp³-hybridized carbons (Fsp3) is 0.312. The SMILES string of the molecule is O=C(c1ncccn1)N1CCS[C@@H](c2cc(F)ccc2F)CC1. The van der Waals surface area contributed by atoms with Crippen LogP contribution in [0.2, 0.25) is 0 Å². The number of carbonyl (C=O) groups is 1. The Labute approximate surface area is 136 Å². The molecule has 0 spiro atoms. The highest BCUT2D eigenvalue weighted by Crippen LogP contribution is 2.36. The maximum Gasteiger partial charge on any atom is 0.291 e. The third-order valence-electron chi connectivity index (χ3n) is 3.69. The summed E-state index contributed by atoms with van der Waals surface area (Å²) >= 11 is 1.53. The first-order valence-corrected chi connectivity index (χ1v) is 8.33. The molecule has 7 heteroatoms. The lowest BCUT2D eigenvalue weighted by Gasteiger charge is -2.19. The Hall–Kier alpha value is -2.02. The Morgan fingerprint density at radius 1 is 1.22 bits per heavy atom. The average molecular weight is 335 g/mol. The zero-order valence-electron chi connectivity index (χ0n) is 12.3. The molecule has 1 aliphatic heterocycles. The molecular weight excluding hydrogens is 320 g/mol. The molecule has 2 aromatic rings. The van der Waals surface area contributed by atoms with Crippen LogP contribution in [0.15, 0.2) is 36.7 Å². The number of rotatable bonds is 2. The van der Waals surface area contributed by atoms with Crippen molar-refractivity contribution in [3.05, 3.63) is 59.7 Å². The molecule has 0 N–H and O–H groups in total. The first-order valence-electron chi connectivity index (χ1n) is 7.28. The van der Waals surface area contributed by atoms with Gasteiger partial charge in [0, 0.05) is 42.0 Å². The summed E-state index contributed by atoms with van der Waals surface area (Å²) in [5.41, 5.74) is 0.361. The van der Waals surface area contributed by atoms with Crippen molar-refractivity contribution in [2.45, 2.75) is 11.7 Å². The number of nitrogens with zero attached hydrogens (tertiary/aromatic N) is 3. The first-order chi connectivity index (χ1) is 11.1. The van der Waals surface area contributed by atoms with Gasteiger partial charge in [-0.1, -0.05) is 0 Å². The van der Waals surface area contributed by atoms with Crippen molar-refractivity contribution in [3.8, 4) is 0 Å². The highest BCUT2D eigenvalue weighted by molar-refractivity contribution is 7.99. The van der Waals surface area contributed by atoms with Crippen molar-refractivity contribution in [3.63, 3.8) is 0 Å². The lowest BCUT2D eigenvalue weighted by atomic mass is 10.1. The van der Waals surface area contributed by atoms with Crippen molar-refractivity contribution in [1.82, 2.24) is 14.9 Å². The van der Waals surface area contributed by atoms with Crippen molar-refractivity contribution >= 4 is 17.7 Å². The molecule has 1 aromatic carbocycles. The summed E-state index contributed by atoms with van der Waals surface area (Å²) in [7, 11) is 0. The summed E-state index contributed by atoms with van der Waals surface area (Å²) in [6.45, 7) is 1.000. The largest absolute Gasteiger partial charge is 0.335 e. The Morgan fingerprint density at radius 2 is 2.00 bits per heavy atom. The average Bonchev–Trinajstić information content (AvgIpc) is 2.83. The van der Waals surface area contributed by atoms with Gasteiger partial charge in [0.2, 0.25) is 5.82 Å². The first kappa shape index (κ1) is 15.9. The Bertz CT molecular complexity index is 699. The van der Waals surface area contributed by atoms with Crippen LogP contribution in [0.1, 0.15) is 27.9 Å². The quantitative estimate of drug-likeness (QED) is 0.846. The molecule has 1 atom stereocenters. The Balaban J connectivity index is 1.72. The number of halogens is 2. The number of hydrogen-bond donors (Lipinski definition) is 0. The van der Waals surface area contributed by atoms with Gasteiger partial charge in [-0.2, -0.15) is 11.8 Å². The number of amides is 1. The van der Waals surface area contributed by atoms with E-state index in [1.807, 2.05) is 0 Å². The summed E-state index contributed by atoms with van der Waals surface area (Å²) in [5.74, 6) is -0.273. The van der Waals surface area contributed by atoms with E-state index in [1.54, 1.807) is 11.0 Å². The smallest absolute Gasteiger partial charge is 0.291 e. The van der Waals surface area contributed by atoms with Crippen LogP contribution < -0.4 is 0 Å². The standard InChI is InChI=1S/C16H15F2N3OS/c17-11-2-3-13(18)12(10-11)14-4-7-21(8-9-23-14)16(22)15-19-5-1-6-20-15/h1-3,5-6,10,14H,4,7-9H2/t14-/m1/s1. The van der Waals surface area contributed by atoms with E-state index in [2.05, 4.69) is 9.97 Å². The van der Waals surface area contributed by atoms with Gasteiger partial charge in [-0.15, -0.1) is 0 Å². The highest BCUT2D eigenvalue weighted by atomic mass is 32.2. The van der Waals surface area contributed by atoms with Crippen molar-refractivity contribution in [2.75, 3.05) is 18.8 Å². The van der Waals surface area contributed by atoms with Crippen LogP contribution in [0, 0.1) is 11.6 Å². The molecule has 0 radical (unpaired) electrons. The second kappa shape index (κ2) is 7.04. The van der Waals surface area contributed by atoms with Gasteiger partial charge >= 0.3 is 0 Å². The maximum absolute atomic E-state index is 13.9. The minimum Gasteiger partial charge on any atom is -0.335 e. The minimum atomic E-state index is -0.447. The minimum absolute atomic E-state index is 0.160. The molecule has 0 bridgehead atoms. The van der Waals surface area contributed by atoms with Gasteiger partial charge in [0.05, 0.1) is 0 Å². The summed E-state index contributed by atoms with van der Waals surface area (Å²) in [4.78, 5) is 22.0. The Kier molecular flexibility index (Phi) is 4.85. The molecule has 0 aliphatic carbocycles. The van der Waals surface area contributed by atoms with Crippen LogP contribution in [0.4, 0.5) is 8.78 Å². The molecule has 1 aliphatic rings. The van der Waals surface area contributed by atoms with Crippen LogP contribution in [0.3, 0.4) is 0 Å². The lowest BCUT2D eigenvalue weighted by molar-refractivity contribution is 0.0754. The van der Waals surface area contributed by atoms with Gasteiger partial charge in [-0.25, -0.2) is 18.7 Å². The third kappa shape index (κ3) is 3.67. The van der Waals surface area contributed by atoms with Crippen LogP contribution in [0.5, 0.6) is 0 Å². The summed E-state index contributed by atoms with van der Waals surface area (Å²) < 4.78 is 27.3. The van der Waals surface area contributed by atoms with E-state index in [4.69, 9.17) is 0 Å². The monoisotopic (exact) mass is 335 g/mol. The fourth-order valence-electron chi connectivity index (χ4n) is 2.53. The topological polar surface area (TPSA) is 46.1 Å². The van der Waals surface area contributed by atoms with Crippen molar-refractivity contribution < 1.29 is 13.6 Å². The Morgan fingerprint density at radius 3 is 2.78 bits per heavy atom. The number of hydrogen-bond acceptors (Lipinski definition) is 4. The van der Waals surface area contributed by atoms with E-state index in [9.17, 15) is 13.6 Å². The molecule has 0 saturated carbocycles. The van der Waals surface area contributed by atoms with Gasteiger partial charge in [0.1, 0.15) is 11.6 Å². The molecule has 2 heterocycles. The van der Waals surface area contributed by atoms with Crippen LogP contribution >= 0.6 is 11.8 Å². The van der Waals surface area contributed by atoms with Crippen LogP contribution in [0.25, 0.3) is 0 Å². The molecule has 0 unspecified atom stereocenters. The molecule has 4 nitrogen and oxygen atoms in total. The molecule has 120 valence electrons. The van der Waals surface area contributed by atoms with Gasteiger partial charge in [-0.3, -0.25) is 4.79 Å². The van der Waals surface area contributed by atoms with Crippen LogP contribution in [-0.4, -0.2) is 39.6 Å². The fourth-order valence-corrected chi connectivity index (χ4v) is 3.78. The summed E-state index contributed by atoms with van der Waals surface area (Å²) in [6, 6.07) is 5.15. The number of benzene rings is 1. The molecule has 1 amide bonds. The maximum atomic E-state index is 13.9. The van der Waals surface area contributed by atoms with E-state index >= 15 is 0 Å². The van der Waals surface area contributed by atoms with E-state index in [0.29, 0.717) is 30.8 Å². The molecule has 1 aromatic heterocycles. The van der Waals surface area contributed by atoms with Crippen molar-refractivity contribution in [2.24, 2.45) is 0 Å². The molecule has 23 heavy (non-hydrogen) atoms. The zero-order valence-corrected chi connectivity index (χ0v) is 13.1. The molecule has 1 fully saturated rings. The second-order valence-electron chi connectivity index (χ2n) is 5.18. The second-order valence-corrected chi connectivity index (χ2v) is 6.49. The summed E-state index contributed by atoms with van der Waals surface area (Å²) in [6.07, 6.45) is 3.61. The molecule has 1 saturated heterocycles. The lowest BCUT2D eigenvalue weighted by Crippen LogP contribution is -2.34. The van der Waals surface area contributed by atoms with E-state index in [0.717, 1.165) is 12.1 Å². The van der Waals surface area contributed by atoms with Crippen molar-refractivity contribution in [1.29, 1.82) is 0 Å². The number of carbonyl (C=O) groups excluding carboxylic acids is 1. The number of thioether (sulfide) groups is 1. The highest BCUT2D eigenvalue weighted by Gasteiger charge is 2.25. The molecule has 3 rings (SSSR count). The van der Waals surface area contributed by atoms with Gasteiger partial charge in [-0.05, 0) is 30.7 Å². The predicted octanol–water partition coefficient (Wildman–Crippen LogP) is 3.08. The van der Waals surface area contributed by atoms with Crippen LogP contribution in [-0.2, 0) is 0 Å². The van der Waals surface area contributed by atoms with E-state index in [1.165, 1.54) is 30.2 Å². The van der Waals surface area contributed by atoms with Gasteiger partial charge in [0.15, 0.2) is 0 Å². The third-order valence-corrected chi connectivity index (χ3v) is 5.00.